The van der Waals surface area contributed by atoms with Gasteiger partial charge in [0.2, 0.25) is 21.8 Å². The molecule has 182 valence electrons. The number of nitrogens with two attached hydrogens (primary N) is 1. The topological polar surface area (TPSA) is 113 Å². The van der Waals surface area contributed by atoms with E-state index in [1.807, 2.05) is 35.2 Å². The van der Waals surface area contributed by atoms with E-state index in [9.17, 15) is 22.4 Å². The number of piperazine rings is 1. The summed E-state index contributed by atoms with van der Waals surface area (Å²) in [5, 5.41) is 2.83. The third kappa shape index (κ3) is 5.56. The van der Waals surface area contributed by atoms with E-state index in [0.717, 1.165) is 5.56 Å². The Morgan fingerprint density at radius 3 is 2.03 bits per heavy atom. The Balaban J connectivity index is 1.50. The third-order valence-corrected chi connectivity index (χ3v) is 7.80. The van der Waals surface area contributed by atoms with Crippen LogP contribution in [-0.2, 0) is 14.8 Å². The maximum atomic E-state index is 13.3. The van der Waals surface area contributed by atoms with Crippen LogP contribution in [0.3, 0.4) is 0 Å². The number of anilines is 1. The Labute approximate surface area is 203 Å². The van der Waals surface area contributed by atoms with Crippen LogP contribution in [-0.4, -0.2) is 55.6 Å². The molecule has 0 spiro atoms. The summed E-state index contributed by atoms with van der Waals surface area (Å²) >= 11 is 0. The molecule has 4 rings (SSSR count). The average Bonchev–Trinajstić information content (AvgIpc) is 2.86. The van der Waals surface area contributed by atoms with E-state index in [2.05, 4.69) is 5.32 Å². The van der Waals surface area contributed by atoms with E-state index >= 15 is 0 Å². The van der Waals surface area contributed by atoms with Crippen molar-refractivity contribution >= 4 is 27.5 Å². The molecule has 3 aromatic carbocycles. The number of nitrogens with one attached hydrogen (secondary N) is 1. The van der Waals surface area contributed by atoms with Crippen molar-refractivity contribution in [1.29, 1.82) is 0 Å². The molecule has 1 fully saturated rings. The molecule has 1 atom stereocenters. The molecule has 1 aliphatic heterocycles. The lowest BCUT2D eigenvalue weighted by molar-refractivity contribution is -0.122. The van der Waals surface area contributed by atoms with Crippen LogP contribution in [0.4, 0.5) is 10.1 Å². The molecule has 8 nitrogen and oxygen atoms in total. The van der Waals surface area contributed by atoms with Crippen LogP contribution in [0, 0.1) is 5.82 Å². The fraction of sp³-hybridized carbons (Fsp3) is 0.200. The maximum Gasteiger partial charge on any atom is 0.248 e. The van der Waals surface area contributed by atoms with Crippen LogP contribution in [0.5, 0.6) is 0 Å². The zero-order valence-corrected chi connectivity index (χ0v) is 19.6. The van der Waals surface area contributed by atoms with Crippen LogP contribution in [0.25, 0.3) is 0 Å². The van der Waals surface area contributed by atoms with Gasteiger partial charge in [-0.05, 0) is 54.1 Å². The Hall–Kier alpha value is -3.60. The first-order valence-electron chi connectivity index (χ1n) is 11.0. The zero-order chi connectivity index (χ0) is 25.0. The first-order chi connectivity index (χ1) is 16.8. The molecule has 3 aromatic rings. The number of hydrogen-bond acceptors (Lipinski definition) is 5. The van der Waals surface area contributed by atoms with E-state index < -0.39 is 27.8 Å². The molecular weight excluding hydrogens is 471 g/mol. The first kappa shape index (κ1) is 24.5. The van der Waals surface area contributed by atoms with Gasteiger partial charge in [-0.1, -0.05) is 30.3 Å². The quantitative estimate of drug-likeness (QED) is 0.522. The second kappa shape index (κ2) is 10.3. The highest BCUT2D eigenvalue weighted by molar-refractivity contribution is 7.89. The largest absolute Gasteiger partial charge is 0.366 e. The standard InChI is InChI=1S/C25H25FN4O4S/c26-20-8-10-21(11-9-20)28-25(32)23(18-4-2-1-3-5-18)29-14-16-30(17-15-29)35(33,34)22-12-6-19(7-13-22)24(27)31/h1-13,23H,14-17H2,(H2,27,31)(H,28,32)/t23-/m0/s1. The smallest absolute Gasteiger partial charge is 0.248 e. The van der Waals surface area contributed by atoms with E-state index in [1.165, 1.54) is 52.8 Å². The van der Waals surface area contributed by atoms with Crippen LogP contribution in [0.2, 0.25) is 0 Å². The number of sulfonamides is 1. The van der Waals surface area contributed by atoms with Crippen LogP contribution < -0.4 is 11.1 Å². The molecule has 0 aromatic heterocycles. The van der Waals surface area contributed by atoms with Gasteiger partial charge in [0.05, 0.1) is 4.90 Å². The number of carbonyl (C=O) groups is 2. The zero-order valence-electron chi connectivity index (χ0n) is 18.8. The van der Waals surface area contributed by atoms with Gasteiger partial charge in [-0.15, -0.1) is 0 Å². The van der Waals surface area contributed by atoms with Gasteiger partial charge in [0.15, 0.2) is 0 Å². The number of rotatable bonds is 7. The number of halogens is 1. The summed E-state index contributed by atoms with van der Waals surface area (Å²) < 4.78 is 40.8. The van der Waals surface area contributed by atoms with Gasteiger partial charge in [0.25, 0.3) is 0 Å². The summed E-state index contributed by atoms with van der Waals surface area (Å²) in [7, 11) is -3.77. The van der Waals surface area contributed by atoms with Crippen molar-refractivity contribution in [1.82, 2.24) is 9.21 Å². The number of carbonyl (C=O) groups excluding carboxylic acids is 2. The van der Waals surface area contributed by atoms with Crippen molar-refractivity contribution in [2.45, 2.75) is 10.9 Å². The number of primary amides is 1. The molecule has 0 bridgehead atoms. The minimum atomic E-state index is -3.77. The summed E-state index contributed by atoms with van der Waals surface area (Å²) in [4.78, 5) is 26.5. The maximum absolute atomic E-state index is 13.3. The van der Waals surface area contributed by atoms with E-state index in [0.29, 0.717) is 18.8 Å². The lowest BCUT2D eigenvalue weighted by Crippen LogP contribution is -2.51. The second-order valence-electron chi connectivity index (χ2n) is 8.14. The van der Waals surface area contributed by atoms with Crippen molar-refractivity contribution in [2.24, 2.45) is 5.73 Å². The molecule has 0 saturated carbocycles. The Kier molecular flexibility index (Phi) is 7.25. The summed E-state index contributed by atoms with van der Waals surface area (Å²) in [6.45, 7) is 1.03. The number of amides is 2. The van der Waals surface area contributed by atoms with Crippen molar-refractivity contribution in [3.63, 3.8) is 0 Å². The fourth-order valence-corrected chi connectivity index (χ4v) is 5.47. The summed E-state index contributed by atoms with van der Waals surface area (Å²) in [5.41, 5.74) is 6.70. The molecular formula is C25H25FN4O4S. The highest BCUT2D eigenvalue weighted by Crippen LogP contribution is 2.26. The molecule has 0 unspecified atom stereocenters. The highest BCUT2D eigenvalue weighted by atomic mass is 32.2. The summed E-state index contributed by atoms with van der Waals surface area (Å²) in [6.07, 6.45) is 0. The van der Waals surface area contributed by atoms with Gasteiger partial charge >= 0.3 is 0 Å². The summed E-state index contributed by atoms with van der Waals surface area (Å²) in [5.74, 6) is -1.32. The Morgan fingerprint density at radius 2 is 1.46 bits per heavy atom. The molecule has 3 N–H and O–H groups in total. The van der Waals surface area contributed by atoms with Gasteiger partial charge in [-0.3, -0.25) is 14.5 Å². The van der Waals surface area contributed by atoms with Gasteiger partial charge in [-0.2, -0.15) is 4.31 Å². The fourth-order valence-electron chi connectivity index (χ4n) is 4.05. The summed E-state index contributed by atoms with van der Waals surface area (Å²) in [6, 6.07) is 19.6. The molecule has 1 saturated heterocycles. The molecule has 1 aliphatic rings. The SMILES string of the molecule is NC(=O)c1ccc(S(=O)(=O)N2CCN([C@H](C(=O)Nc3ccc(F)cc3)c3ccccc3)CC2)cc1. The molecule has 0 radical (unpaired) electrons. The van der Waals surface area contributed by atoms with Crippen molar-refractivity contribution in [2.75, 3.05) is 31.5 Å². The molecule has 35 heavy (non-hydrogen) atoms. The number of benzene rings is 3. The van der Waals surface area contributed by atoms with Gasteiger partial charge < -0.3 is 11.1 Å². The third-order valence-electron chi connectivity index (χ3n) is 5.89. The lowest BCUT2D eigenvalue weighted by atomic mass is 10.0. The minimum Gasteiger partial charge on any atom is -0.366 e. The average molecular weight is 497 g/mol. The van der Waals surface area contributed by atoms with Crippen LogP contribution >= 0.6 is 0 Å². The highest BCUT2D eigenvalue weighted by Gasteiger charge is 2.34. The van der Waals surface area contributed by atoms with Crippen molar-refractivity contribution in [3.8, 4) is 0 Å². The van der Waals surface area contributed by atoms with E-state index in [1.54, 1.807) is 0 Å². The normalized spacial score (nSPS) is 15.9. The molecule has 2 amide bonds. The Morgan fingerprint density at radius 1 is 0.857 bits per heavy atom. The van der Waals surface area contributed by atoms with Gasteiger partial charge in [0, 0.05) is 37.4 Å². The minimum absolute atomic E-state index is 0.0737. The molecule has 1 heterocycles. The predicted octanol–water partition coefficient (Wildman–Crippen LogP) is 2.61. The monoisotopic (exact) mass is 496 g/mol. The second-order valence-corrected chi connectivity index (χ2v) is 10.1. The number of hydrogen-bond donors (Lipinski definition) is 2. The van der Waals surface area contributed by atoms with E-state index in [-0.39, 0.29) is 29.5 Å². The van der Waals surface area contributed by atoms with Crippen LogP contribution in [0.15, 0.2) is 83.8 Å². The Bertz CT molecular complexity index is 1290. The predicted molar refractivity (Wildman–Crippen MR) is 130 cm³/mol. The number of nitrogens with zero attached hydrogens (tertiary/aromatic N) is 2. The first-order valence-corrected chi connectivity index (χ1v) is 12.4. The lowest BCUT2D eigenvalue weighted by Gasteiger charge is -2.38. The van der Waals surface area contributed by atoms with E-state index in [4.69, 9.17) is 5.73 Å². The van der Waals surface area contributed by atoms with Gasteiger partial charge in [-0.25, -0.2) is 12.8 Å². The van der Waals surface area contributed by atoms with Crippen molar-refractivity contribution < 1.29 is 22.4 Å². The van der Waals surface area contributed by atoms with Gasteiger partial charge in [0.1, 0.15) is 11.9 Å². The molecule has 10 heteroatoms. The van der Waals surface area contributed by atoms with Crippen LogP contribution in [0.1, 0.15) is 22.0 Å². The van der Waals surface area contributed by atoms with Crippen molar-refractivity contribution in [3.05, 3.63) is 95.8 Å². The molecule has 0 aliphatic carbocycles.